The highest BCUT2D eigenvalue weighted by Crippen LogP contribution is 2.31. The lowest BCUT2D eigenvalue weighted by Gasteiger charge is -2.11. The van der Waals surface area contributed by atoms with E-state index >= 15 is 0 Å². The monoisotopic (exact) mass is 403 g/mol. The Morgan fingerprint density at radius 1 is 0.966 bits per heavy atom. The summed E-state index contributed by atoms with van der Waals surface area (Å²) in [7, 11) is 1.58. The van der Waals surface area contributed by atoms with Crippen LogP contribution in [0.15, 0.2) is 53.6 Å². The molecule has 2 aromatic carbocycles. The lowest BCUT2D eigenvalue weighted by Crippen LogP contribution is -2.08. The number of halogens is 3. The van der Waals surface area contributed by atoms with Gasteiger partial charge >= 0.3 is 6.18 Å². The van der Waals surface area contributed by atoms with E-state index in [1.54, 1.807) is 25.2 Å². The third-order valence-corrected chi connectivity index (χ3v) is 3.61. The van der Waals surface area contributed by atoms with Gasteiger partial charge < -0.3 is 15.7 Å². The Morgan fingerprint density at radius 2 is 1.69 bits per heavy atom. The minimum atomic E-state index is -4.46. The van der Waals surface area contributed by atoms with E-state index in [9.17, 15) is 18.3 Å². The lowest BCUT2D eigenvalue weighted by atomic mass is 10.2. The van der Waals surface area contributed by atoms with E-state index in [2.05, 4.69) is 36.1 Å². The van der Waals surface area contributed by atoms with Crippen molar-refractivity contribution in [2.45, 2.75) is 6.18 Å². The van der Waals surface area contributed by atoms with Gasteiger partial charge in [0, 0.05) is 18.3 Å². The summed E-state index contributed by atoms with van der Waals surface area (Å²) in [6.07, 6.45) is -3.09. The number of hydrazone groups is 1. The number of phenolic OH excluding ortho intramolecular Hbond substituents is 1. The van der Waals surface area contributed by atoms with Gasteiger partial charge in [-0.15, -0.1) is 0 Å². The highest BCUT2D eigenvalue weighted by atomic mass is 19.4. The van der Waals surface area contributed by atoms with Crippen LogP contribution in [0.2, 0.25) is 0 Å². The second kappa shape index (κ2) is 8.42. The van der Waals surface area contributed by atoms with Crippen molar-refractivity contribution in [3.05, 3.63) is 59.7 Å². The third-order valence-electron chi connectivity index (χ3n) is 3.61. The van der Waals surface area contributed by atoms with Gasteiger partial charge in [0.25, 0.3) is 0 Å². The first-order chi connectivity index (χ1) is 13.8. The molecule has 0 fully saturated rings. The van der Waals surface area contributed by atoms with Gasteiger partial charge in [0.15, 0.2) is 0 Å². The second-order valence-corrected chi connectivity index (χ2v) is 5.69. The minimum absolute atomic E-state index is 0.0175. The molecule has 0 amide bonds. The molecule has 8 nitrogen and oxygen atoms in total. The van der Waals surface area contributed by atoms with E-state index in [1.165, 1.54) is 24.4 Å². The van der Waals surface area contributed by atoms with E-state index in [1.807, 2.05) is 0 Å². The van der Waals surface area contributed by atoms with Crippen LogP contribution in [0, 0.1) is 0 Å². The fraction of sp³-hybridized carbons (Fsp3) is 0.111. The van der Waals surface area contributed by atoms with Crippen molar-refractivity contribution >= 4 is 29.7 Å². The van der Waals surface area contributed by atoms with Crippen molar-refractivity contribution in [2.75, 3.05) is 23.1 Å². The number of hydrogen-bond acceptors (Lipinski definition) is 8. The molecule has 29 heavy (non-hydrogen) atoms. The van der Waals surface area contributed by atoms with Gasteiger partial charge in [-0.2, -0.15) is 33.2 Å². The second-order valence-electron chi connectivity index (χ2n) is 5.69. The van der Waals surface area contributed by atoms with Crippen LogP contribution in [-0.4, -0.2) is 33.3 Å². The molecule has 0 spiro atoms. The molecule has 1 heterocycles. The zero-order chi connectivity index (χ0) is 20.9. The summed E-state index contributed by atoms with van der Waals surface area (Å²) in [6.45, 7) is 0. The number of para-hydroxylation sites is 1. The Hall–Kier alpha value is -3.89. The number of rotatable bonds is 6. The molecule has 150 valence electrons. The highest BCUT2D eigenvalue weighted by Gasteiger charge is 2.30. The Balaban J connectivity index is 1.79. The van der Waals surface area contributed by atoms with Crippen molar-refractivity contribution < 1.29 is 18.3 Å². The number of nitrogens with zero attached hydrogens (tertiary/aromatic N) is 4. The molecule has 0 aliphatic carbocycles. The first kappa shape index (κ1) is 19.9. The normalized spacial score (nSPS) is 11.4. The Bertz CT molecular complexity index is 1020. The molecule has 3 rings (SSSR count). The van der Waals surface area contributed by atoms with Crippen molar-refractivity contribution in [1.29, 1.82) is 0 Å². The van der Waals surface area contributed by atoms with E-state index in [0.29, 0.717) is 5.56 Å². The number of aromatic nitrogens is 3. The summed E-state index contributed by atoms with van der Waals surface area (Å²) in [5.74, 6) is 0.292. The maximum Gasteiger partial charge on any atom is 0.416 e. The number of hydrogen-bond donors (Lipinski definition) is 4. The fourth-order valence-electron chi connectivity index (χ4n) is 2.25. The summed E-state index contributed by atoms with van der Waals surface area (Å²) in [4.78, 5) is 12.2. The molecule has 0 unspecified atom stereocenters. The summed E-state index contributed by atoms with van der Waals surface area (Å²) < 4.78 is 38.6. The molecular weight excluding hydrogens is 387 g/mol. The molecule has 0 radical (unpaired) electrons. The Morgan fingerprint density at radius 3 is 2.41 bits per heavy atom. The topological polar surface area (TPSA) is 107 Å². The molecule has 1 aromatic heterocycles. The molecule has 0 aliphatic rings. The van der Waals surface area contributed by atoms with Gasteiger partial charge in [0.1, 0.15) is 5.75 Å². The number of aromatic hydroxyl groups is 1. The summed E-state index contributed by atoms with van der Waals surface area (Å²) in [6, 6.07) is 11.2. The lowest BCUT2D eigenvalue weighted by molar-refractivity contribution is -0.137. The Kier molecular flexibility index (Phi) is 5.77. The molecule has 0 saturated carbocycles. The van der Waals surface area contributed by atoms with Crippen molar-refractivity contribution in [1.82, 2.24) is 15.0 Å². The molecule has 3 aromatic rings. The number of nitrogens with one attached hydrogen (secondary N) is 3. The largest absolute Gasteiger partial charge is 0.507 e. The van der Waals surface area contributed by atoms with Crippen LogP contribution in [0.3, 0.4) is 0 Å². The standard InChI is InChI=1S/C18H16F3N7O/c1-22-15-25-16(24-13-7-4-6-12(9-13)18(19,20)21)27-17(26-15)28-23-10-11-5-2-3-8-14(11)29/h2-10,29H,1H3,(H3,22,24,25,26,27,28)/b23-10-. The van der Waals surface area contributed by atoms with E-state index in [0.717, 1.165) is 12.1 Å². The van der Waals surface area contributed by atoms with Gasteiger partial charge in [-0.1, -0.05) is 18.2 Å². The van der Waals surface area contributed by atoms with Gasteiger partial charge in [-0.3, -0.25) is 0 Å². The van der Waals surface area contributed by atoms with E-state index in [4.69, 9.17) is 0 Å². The summed E-state index contributed by atoms with van der Waals surface area (Å²) >= 11 is 0. The van der Waals surface area contributed by atoms with Crippen LogP contribution in [-0.2, 0) is 6.18 Å². The van der Waals surface area contributed by atoms with Crippen LogP contribution < -0.4 is 16.1 Å². The van der Waals surface area contributed by atoms with Crippen LogP contribution in [0.5, 0.6) is 5.75 Å². The molecule has 11 heteroatoms. The van der Waals surface area contributed by atoms with Gasteiger partial charge in [0.2, 0.25) is 17.8 Å². The van der Waals surface area contributed by atoms with Crippen molar-refractivity contribution in [3.63, 3.8) is 0 Å². The van der Waals surface area contributed by atoms with Crippen molar-refractivity contribution in [2.24, 2.45) is 5.10 Å². The van der Waals surface area contributed by atoms with Gasteiger partial charge in [0.05, 0.1) is 11.8 Å². The zero-order valence-corrected chi connectivity index (χ0v) is 15.1. The summed E-state index contributed by atoms with van der Waals surface area (Å²) in [5.41, 5.74) is 2.44. The molecule has 0 bridgehead atoms. The maximum atomic E-state index is 12.9. The average molecular weight is 403 g/mol. The zero-order valence-electron chi connectivity index (χ0n) is 15.1. The third kappa shape index (κ3) is 5.31. The quantitative estimate of drug-likeness (QED) is 0.366. The Labute approximate surface area is 163 Å². The molecule has 0 saturated heterocycles. The fourth-order valence-corrected chi connectivity index (χ4v) is 2.25. The molecular formula is C18H16F3N7O. The number of phenols is 1. The smallest absolute Gasteiger partial charge is 0.416 e. The van der Waals surface area contributed by atoms with Crippen molar-refractivity contribution in [3.8, 4) is 5.75 Å². The first-order valence-electron chi connectivity index (χ1n) is 8.30. The van der Waals surface area contributed by atoms with Gasteiger partial charge in [-0.25, -0.2) is 5.43 Å². The molecule has 4 N–H and O–H groups in total. The first-order valence-corrected chi connectivity index (χ1v) is 8.30. The van der Waals surface area contributed by atoms with Gasteiger partial charge in [-0.05, 0) is 30.3 Å². The maximum absolute atomic E-state index is 12.9. The number of alkyl halides is 3. The van der Waals surface area contributed by atoms with E-state index in [-0.39, 0.29) is 29.3 Å². The predicted molar refractivity (Wildman–Crippen MR) is 103 cm³/mol. The van der Waals surface area contributed by atoms with E-state index < -0.39 is 11.7 Å². The summed E-state index contributed by atoms with van der Waals surface area (Å²) in [5, 5.41) is 19.1. The van der Waals surface area contributed by atoms with Crippen LogP contribution in [0.1, 0.15) is 11.1 Å². The molecule has 0 atom stereocenters. The van der Waals surface area contributed by atoms with Crippen LogP contribution in [0.4, 0.5) is 36.7 Å². The molecule has 0 aliphatic heterocycles. The number of anilines is 4. The minimum Gasteiger partial charge on any atom is -0.507 e. The average Bonchev–Trinajstić information content (AvgIpc) is 2.69. The SMILES string of the molecule is CNc1nc(N/N=C\c2ccccc2O)nc(Nc2cccc(C(F)(F)F)c2)n1. The van der Waals surface area contributed by atoms with Crippen LogP contribution in [0.25, 0.3) is 0 Å². The highest BCUT2D eigenvalue weighted by molar-refractivity contribution is 5.83. The predicted octanol–water partition coefficient (Wildman–Crippen LogP) is 3.83. The van der Waals surface area contributed by atoms with Crippen LogP contribution >= 0.6 is 0 Å². The number of benzene rings is 2.